The van der Waals surface area contributed by atoms with Crippen LogP contribution in [0.25, 0.3) is 45.0 Å². The van der Waals surface area contributed by atoms with Gasteiger partial charge in [0.05, 0.1) is 77.6 Å². The maximum absolute atomic E-state index is 12.6. The van der Waals surface area contributed by atoms with Crippen molar-refractivity contribution >= 4 is 23.9 Å². The molecule has 4 saturated carbocycles. The van der Waals surface area contributed by atoms with Crippen LogP contribution in [-0.4, -0.2) is 172 Å². The predicted molar refractivity (Wildman–Crippen MR) is 466 cm³/mol. The van der Waals surface area contributed by atoms with Crippen LogP contribution in [0.2, 0.25) is 0 Å². The van der Waals surface area contributed by atoms with Crippen molar-refractivity contribution in [2.45, 2.75) is 180 Å². The van der Waals surface area contributed by atoms with Gasteiger partial charge in [-0.1, -0.05) is 55.4 Å². The molecule has 0 bridgehead atoms. The Kier molecular flexibility index (Phi) is 27.0. The largest absolute Gasteiger partial charge is 0.493 e. The highest BCUT2D eigenvalue weighted by Gasteiger charge is 2.53. The summed E-state index contributed by atoms with van der Waals surface area (Å²) >= 11 is 0. The number of methoxy groups -OCH3 is 8. The van der Waals surface area contributed by atoms with Crippen LogP contribution >= 0.6 is 0 Å². The molecule has 124 heavy (non-hydrogen) atoms. The molecule has 4 aliphatic heterocycles. The van der Waals surface area contributed by atoms with Crippen molar-refractivity contribution in [1.29, 1.82) is 0 Å². The van der Waals surface area contributed by atoms with Crippen LogP contribution in [0.4, 0.5) is 0 Å². The number of aromatic carboxylic acids is 4. The Morgan fingerprint density at radius 2 is 0.492 bits per heavy atom. The number of rotatable bonds is 28. The van der Waals surface area contributed by atoms with Gasteiger partial charge in [0.1, 0.15) is 22.3 Å². The number of hydrogen-bond donors (Lipinski definition) is 4. The first kappa shape index (κ1) is 90.5. The van der Waals surface area contributed by atoms with Gasteiger partial charge in [0, 0.05) is 200 Å². The first-order valence-corrected chi connectivity index (χ1v) is 42.5. The smallest absolute Gasteiger partial charge is 0.341 e. The molecule has 28 nitrogen and oxygen atoms in total. The Hall–Kier alpha value is -11.2. The van der Waals surface area contributed by atoms with E-state index in [9.17, 15) is 58.8 Å². The molecule has 4 N–H and O–H groups in total. The van der Waals surface area contributed by atoms with Crippen molar-refractivity contribution in [3.63, 3.8) is 0 Å². The molecule has 4 aromatic carbocycles. The summed E-state index contributed by atoms with van der Waals surface area (Å²) in [5.41, 5.74) is 8.10. The third-order valence-corrected chi connectivity index (χ3v) is 26.6. The van der Waals surface area contributed by atoms with E-state index in [-0.39, 0.29) is 91.8 Å². The minimum absolute atomic E-state index is 0.0403. The van der Waals surface area contributed by atoms with Gasteiger partial charge in [-0.25, -0.2) is 19.2 Å². The molecule has 4 aliphatic carbocycles. The second kappa shape index (κ2) is 36.9. The van der Waals surface area contributed by atoms with Crippen LogP contribution in [0.1, 0.15) is 244 Å². The first-order valence-electron chi connectivity index (χ1n) is 42.5. The van der Waals surface area contributed by atoms with Gasteiger partial charge in [-0.3, -0.25) is 19.2 Å². The number of carboxylic acid groups (broad SMARTS) is 4. The second-order valence-corrected chi connectivity index (χ2v) is 36.1. The van der Waals surface area contributed by atoms with E-state index in [0.29, 0.717) is 98.9 Å². The van der Waals surface area contributed by atoms with E-state index in [1.807, 2.05) is 66.8 Å². The highest BCUT2D eigenvalue weighted by molar-refractivity contribution is 5.90. The standard InChI is InChI=1S/4C24H29NO6/c4*1-24(2)7-6-14-15-10-21(31-9-5-8-29-3)20(30-4)11-16(15)18-12-19(26)17(23(27)28)13-25(18)22(14)24/h4*10-14,22H,5-9H2,1-4H3,(H,27,28)/t2*14-,22+;2*14-,22-/m1010/s1. The van der Waals surface area contributed by atoms with Crippen molar-refractivity contribution < 1.29 is 96.4 Å². The molecule has 16 rings (SSSR count). The Labute approximate surface area is 720 Å². The molecule has 4 aromatic heterocycles. The Morgan fingerprint density at radius 1 is 0.298 bits per heavy atom. The molecular formula is C96H116N4O24. The number of pyridine rings is 4. The quantitative estimate of drug-likeness (QED) is 0.0331. The number of benzene rings is 4. The van der Waals surface area contributed by atoms with E-state index in [2.05, 4.69) is 55.4 Å². The van der Waals surface area contributed by atoms with E-state index in [1.54, 1.807) is 56.9 Å². The number of aromatic nitrogens is 4. The van der Waals surface area contributed by atoms with Gasteiger partial charge >= 0.3 is 23.9 Å². The molecule has 0 amide bonds. The van der Waals surface area contributed by atoms with Gasteiger partial charge in [-0.2, -0.15) is 0 Å². The molecule has 8 aromatic rings. The topological polar surface area (TPSA) is 348 Å². The molecule has 28 heteroatoms. The number of nitrogens with zero attached hydrogens (tertiary/aromatic N) is 4. The summed E-state index contributed by atoms with van der Waals surface area (Å²) in [6, 6.07) is 21.8. The molecule has 8 atom stereocenters. The molecule has 664 valence electrons. The summed E-state index contributed by atoms with van der Waals surface area (Å²) in [5, 5.41) is 38.1. The van der Waals surface area contributed by atoms with E-state index in [1.165, 1.54) is 49.1 Å². The zero-order valence-corrected chi connectivity index (χ0v) is 73.7. The number of fused-ring (bicyclic) bond motifs is 24. The average Bonchev–Trinajstić information content (AvgIpc) is 1.51. The zero-order chi connectivity index (χ0) is 89.3. The maximum atomic E-state index is 12.6. The zero-order valence-electron chi connectivity index (χ0n) is 73.7. The highest BCUT2D eigenvalue weighted by atomic mass is 16.5. The monoisotopic (exact) mass is 1710 g/mol. The van der Waals surface area contributed by atoms with E-state index < -0.39 is 45.6 Å². The van der Waals surface area contributed by atoms with Gasteiger partial charge < -0.3 is 95.5 Å². The van der Waals surface area contributed by atoms with Gasteiger partial charge in [-0.15, -0.1) is 0 Å². The summed E-state index contributed by atoms with van der Waals surface area (Å²) in [7, 11) is 13.0. The van der Waals surface area contributed by atoms with Crippen LogP contribution < -0.4 is 59.6 Å². The molecular weight excluding hydrogens is 1590 g/mol. The molecule has 0 saturated heterocycles. The molecule has 8 aliphatic rings. The van der Waals surface area contributed by atoms with E-state index in [0.717, 1.165) is 144 Å². The lowest BCUT2D eigenvalue weighted by Crippen LogP contribution is -2.32. The molecule has 0 unspecified atom stereocenters. The number of carboxylic acids is 4. The fourth-order valence-electron chi connectivity index (χ4n) is 20.8. The number of hydrogen-bond acceptors (Lipinski definition) is 20. The average molecular weight is 1710 g/mol. The fourth-order valence-corrected chi connectivity index (χ4v) is 20.8. The van der Waals surface area contributed by atoms with Crippen molar-refractivity contribution in [2.24, 2.45) is 21.7 Å². The van der Waals surface area contributed by atoms with Crippen LogP contribution in [0.3, 0.4) is 0 Å². The summed E-state index contributed by atoms with van der Waals surface area (Å²) < 4.78 is 74.8. The summed E-state index contributed by atoms with van der Waals surface area (Å²) in [6.45, 7) is 22.2. The molecule has 8 heterocycles. The van der Waals surface area contributed by atoms with Crippen molar-refractivity contribution in [2.75, 3.05) is 110 Å². The minimum atomic E-state index is -1.20. The van der Waals surface area contributed by atoms with Gasteiger partial charge in [0.2, 0.25) is 0 Å². The normalized spacial score (nSPS) is 20.5. The van der Waals surface area contributed by atoms with E-state index in [4.69, 9.17) is 56.8 Å². The molecule has 4 fully saturated rings. The summed E-state index contributed by atoms with van der Waals surface area (Å²) in [5.74, 6) is 1.10. The van der Waals surface area contributed by atoms with Crippen molar-refractivity contribution in [3.05, 3.63) is 183 Å². The Morgan fingerprint density at radius 3 is 0.661 bits per heavy atom. The molecule has 0 radical (unpaired) electrons. The lowest BCUT2D eigenvalue weighted by atomic mass is 9.77. The lowest BCUT2D eigenvalue weighted by molar-refractivity contribution is 0.0683. The fraction of sp³-hybridized carbons (Fsp3) is 0.500. The third-order valence-electron chi connectivity index (χ3n) is 26.6. The number of ether oxygens (including phenoxy) is 12. The van der Waals surface area contributed by atoms with Crippen LogP contribution in [0, 0.1) is 21.7 Å². The first-order chi connectivity index (χ1) is 59.1. The SMILES string of the molecule is COCCCOc1cc2c(cc1OC)-c1cc(=O)c(C(=O)O)cn1[C@@H]1[C@@H]2CCC1(C)C.COCCCOc1cc2c(cc1OC)-c1cc(=O)c(C(=O)O)cn1[C@@H]1[C@H]2CCC1(C)C.COCCCOc1cc2c(cc1OC)-c1cc(=O)c(C(=O)O)cn1[C@H]1[C@@H]2CCC1(C)C.COCCCOc1cc2c(cc1OC)-c1cc(=O)c(C(=O)O)cn1[C@H]1[C@H]2CCC1(C)C. The minimum Gasteiger partial charge on any atom is -0.493 e. The van der Waals surface area contributed by atoms with Gasteiger partial charge in [0.25, 0.3) is 0 Å². The predicted octanol–water partition coefficient (Wildman–Crippen LogP) is 16.4. The third kappa shape index (κ3) is 17.4. The highest BCUT2D eigenvalue weighted by Crippen LogP contribution is 2.65. The summed E-state index contributed by atoms with van der Waals surface area (Å²) in [6.07, 6.45) is 17.1. The Balaban J connectivity index is 0.000000142. The van der Waals surface area contributed by atoms with E-state index >= 15 is 0 Å². The molecule has 0 spiro atoms. The van der Waals surface area contributed by atoms with Crippen LogP contribution in [-0.2, 0) is 18.9 Å². The maximum Gasteiger partial charge on any atom is 0.341 e. The van der Waals surface area contributed by atoms with Crippen molar-refractivity contribution in [1.82, 2.24) is 18.3 Å². The van der Waals surface area contributed by atoms with Crippen LogP contribution in [0.15, 0.2) is 117 Å². The van der Waals surface area contributed by atoms with Crippen LogP contribution in [0.5, 0.6) is 46.0 Å². The summed E-state index contributed by atoms with van der Waals surface area (Å²) in [4.78, 5) is 96.8. The number of carbonyl (C=O) groups is 4. The lowest BCUT2D eigenvalue weighted by Gasteiger charge is -2.40. The Bertz CT molecular complexity index is 4970. The van der Waals surface area contributed by atoms with Gasteiger partial charge in [-0.05, 0) is 144 Å². The second-order valence-electron chi connectivity index (χ2n) is 36.1. The van der Waals surface area contributed by atoms with Crippen molar-refractivity contribution in [3.8, 4) is 91.0 Å². The van der Waals surface area contributed by atoms with Gasteiger partial charge in [0.15, 0.2) is 67.7 Å².